The summed E-state index contributed by atoms with van der Waals surface area (Å²) in [7, 11) is 0. The second-order valence-corrected chi connectivity index (χ2v) is 5.13. The van der Waals surface area contributed by atoms with Crippen molar-refractivity contribution in [3.8, 4) is 0 Å². The molecule has 1 amide bonds. The molecule has 2 N–H and O–H groups in total. The molecule has 0 fully saturated rings. The van der Waals surface area contributed by atoms with Crippen molar-refractivity contribution in [1.82, 2.24) is 10.4 Å². The summed E-state index contributed by atoms with van der Waals surface area (Å²) in [6, 6.07) is 9.70. The summed E-state index contributed by atoms with van der Waals surface area (Å²) in [6.07, 6.45) is 1.14. The van der Waals surface area contributed by atoms with Crippen molar-refractivity contribution in [3.63, 3.8) is 0 Å². The van der Waals surface area contributed by atoms with Gasteiger partial charge in [0.1, 0.15) is 5.60 Å². The lowest BCUT2D eigenvalue weighted by atomic mass is 10.2. The number of carbonyl (C=O) groups excluding carboxylic acids is 1. The van der Waals surface area contributed by atoms with Crippen LogP contribution in [0.5, 0.6) is 0 Å². The summed E-state index contributed by atoms with van der Waals surface area (Å²) in [5.74, 6) is 0.587. The summed E-state index contributed by atoms with van der Waals surface area (Å²) in [4.78, 5) is 15.7. The van der Waals surface area contributed by atoms with Crippen molar-refractivity contribution in [2.45, 2.75) is 26.4 Å². The van der Waals surface area contributed by atoms with Crippen molar-refractivity contribution in [2.24, 2.45) is 0 Å². The Labute approximate surface area is 112 Å². The van der Waals surface area contributed by atoms with E-state index in [1.54, 1.807) is 6.20 Å². The first kappa shape index (κ1) is 13.1. The third kappa shape index (κ3) is 3.58. The van der Waals surface area contributed by atoms with E-state index in [9.17, 15) is 4.79 Å². The van der Waals surface area contributed by atoms with Crippen LogP contribution in [0.15, 0.2) is 36.5 Å². The Kier molecular flexibility index (Phi) is 3.55. The number of rotatable bonds is 2. The summed E-state index contributed by atoms with van der Waals surface area (Å²) >= 11 is 0. The molecule has 1 aromatic heterocycles. The molecule has 0 unspecified atom stereocenters. The molecular formula is C14H17N3O2. The molecule has 100 valence electrons. The second-order valence-electron chi connectivity index (χ2n) is 5.13. The number of fused-ring (bicyclic) bond motifs is 1. The van der Waals surface area contributed by atoms with Gasteiger partial charge in [0.15, 0.2) is 5.82 Å². The molecule has 5 heteroatoms. The zero-order valence-electron chi connectivity index (χ0n) is 11.2. The minimum absolute atomic E-state index is 0.530. The molecule has 19 heavy (non-hydrogen) atoms. The lowest BCUT2D eigenvalue weighted by Crippen LogP contribution is -2.36. The number of hydrazine groups is 1. The molecule has 2 rings (SSSR count). The first-order chi connectivity index (χ1) is 8.96. The standard InChI is InChI=1S/C14H17N3O2/c1-14(2,3)19-13(18)17-16-12-11-7-5-4-6-10(11)8-9-15-12/h4-9H,1-3H3,(H,15,16)(H,17,18). The molecule has 0 saturated heterocycles. The zero-order chi connectivity index (χ0) is 13.9. The van der Waals surface area contributed by atoms with Gasteiger partial charge in [0.2, 0.25) is 0 Å². The number of aromatic nitrogens is 1. The summed E-state index contributed by atoms with van der Waals surface area (Å²) in [5.41, 5.74) is 4.72. The maximum atomic E-state index is 11.5. The fourth-order valence-electron chi connectivity index (χ4n) is 1.63. The summed E-state index contributed by atoms with van der Waals surface area (Å²) < 4.78 is 5.13. The quantitative estimate of drug-likeness (QED) is 0.813. The molecule has 0 aliphatic carbocycles. The van der Waals surface area contributed by atoms with Crippen molar-refractivity contribution < 1.29 is 9.53 Å². The number of hydrogen-bond donors (Lipinski definition) is 2. The van der Waals surface area contributed by atoms with E-state index in [-0.39, 0.29) is 0 Å². The van der Waals surface area contributed by atoms with Gasteiger partial charge in [0, 0.05) is 11.6 Å². The Bertz CT molecular complexity index is 585. The Morgan fingerprint density at radius 2 is 1.95 bits per heavy atom. The van der Waals surface area contributed by atoms with Crippen LogP contribution in [0.25, 0.3) is 10.8 Å². The smallest absolute Gasteiger partial charge is 0.426 e. The first-order valence-electron chi connectivity index (χ1n) is 6.04. The zero-order valence-corrected chi connectivity index (χ0v) is 11.2. The monoisotopic (exact) mass is 259 g/mol. The van der Waals surface area contributed by atoms with Gasteiger partial charge in [-0.2, -0.15) is 0 Å². The number of ether oxygens (including phenoxy) is 1. The van der Waals surface area contributed by atoms with Gasteiger partial charge in [0.05, 0.1) is 0 Å². The highest BCUT2D eigenvalue weighted by Crippen LogP contribution is 2.19. The van der Waals surface area contributed by atoms with Crippen LogP contribution in [0.4, 0.5) is 10.6 Å². The highest BCUT2D eigenvalue weighted by molar-refractivity contribution is 5.92. The maximum absolute atomic E-state index is 11.5. The van der Waals surface area contributed by atoms with Gasteiger partial charge >= 0.3 is 6.09 Å². The maximum Gasteiger partial charge on any atom is 0.426 e. The van der Waals surface area contributed by atoms with Crippen LogP contribution in [0.1, 0.15) is 20.8 Å². The number of amides is 1. The van der Waals surface area contributed by atoms with Crippen molar-refractivity contribution >= 4 is 22.7 Å². The van der Waals surface area contributed by atoms with Gasteiger partial charge < -0.3 is 4.74 Å². The molecule has 2 aromatic rings. The van der Waals surface area contributed by atoms with E-state index < -0.39 is 11.7 Å². The molecule has 0 aliphatic rings. The summed E-state index contributed by atoms with van der Waals surface area (Å²) in [5, 5.41) is 1.98. The van der Waals surface area contributed by atoms with Crippen molar-refractivity contribution in [1.29, 1.82) is 0 Å². The molecule has 0 spiro atoms. The Morgan fingerprint density at radius 1 is 1.21 bits per heavy atom. The highest BCUT2D eigenvalue weighted by Gasteiger charge is 2.16. The van der Waals surface area contributed by atoms with Crippen LogP contribution >= 0.6 is 0 Å². The van der Waals surface area contributed by atoms with Crippen LogP contribution in [0.2, 0.25) is 0 Å². The van der Waals surface area contributed by atoms with Crippen LogP contribution in [-0.2, 0) is 4.74 Å². The molecule has 1 heterocycles. The third-order valence-corrected chi connectivity index (χ3v) is 2.36. The molecule has 0 bridgehead atoms. The average Bonchev–Trinajstić information content (AvgIpc) is 2.34. The molecule has 1 aromatic carbocycles. The number of carbonyl (C=O) groups is 1. The van der Waals surface area contributed by atoms with Crippen LogP contribution in [0, 0.1) is 0 Å². The number of anilines is 1. The number of benzene rings is 1. The molecule has 0 radical (unpaired) electrons. The predicted molar refractivity (Wildman–Crippen MR) is 74.7 cm³/mol. The second kappa shape index (κ2) is 5.14. The van der Waals surface area contributed by atoms with Gasteiger partial charge in [-0.1, -0.05) is 24.3 Å². The number of pyridine rings is 1. The molecule has 0 saturated carbocycles. The van der Waals surface area contributed by atoms with Gasteiger partial charge in [-0.25, -0.2) is 15.2 Å². The van der Waals surface area contributed by atoms with Crippen molar-refractivity contribution in [3.05, 3.63) is 36.5 Å². The normalized spacial score (nSPS) is 11.1. The van der Waals surface area contributed by atoms with Crippen LogP contribution in [-0.4, -0.2) is 16.7 Å². The fraction of sp³-hybridized carbons (Fsp3) is 0.286. The van der Waals surface area contributed by atoms with Crippen LogP contribution < -0.4 is 10.9 Å². The largest absolute Gasteiger partial charge is 0.443 e. The lowest BCUT2D eigenvalue weighted by Gasteiger charge is -2.20. The van der Waals surface area contributed by atoms with E-state index >= 15 is 0 Å². The molecule has 0 atom stereocenters. The van der Waals surface area contributed by atoms with Gasteiger partial charge in [0.25, 0.3) is 0 Å². The Balaban J connectivity index is 2.08. The highest BCUT2D eigenvalue weighted by atomic mass is 16.6. The molecular weight excluding hydrogens is 242 g/mol. The lowest BCUT2D eigenvalue weighted by molar-refractivity contribution is 0.0541. The Morgan fingerprint density at radius 3 is 2.68 bits per heavy atom. The number of nitrogens with zero attached hydrogens (tertiary/aromatic N) is 1. The summed E-state index contributed by atoms with van der Waals surface area (Å²) in [6.45, 7) is 5.42. The van der Waals surface area contributed by atoms with E-state index in [0.717, 1.165) is 10.8 Å². The van der Waals surface area contributed by atoms with E-state index in [2.05, 4.69) is 15.8 Å². The fourth-order valence-corrected chi connectivity index (χ4v) is 1.63. The minimum atomic E-state index is -0.540. The SMILES string of the molecule is CC(C)(C)OC(=O)NNc1nccc2ccccc12. The van der Waals surface area contributed by atoms with Gasteiger partial charge in [-0.15, -0.1) is 0 Å². The Hall–Kier alpha value is -2.30. The minimum Gasteiger partial charge on any atom is -0.443 e. The van der Waals surface area contributed by atoms with Crippen molar-refractivity contribution in [2.75, 3.05) is 5.43 Å². The average molecular weight is 259 g/mol. The van der Waals surface area contributed by atoms with E-state index in [1.807, 2.05) is 51.1 Å². The van der Waals surface area contributed by atoms with E-state index in [0.29, 0.717) is 5.82 Å². The molecule has 5 nitrogen and oxygen atoms in total. The number of hydrogen-bond acceptors (Lipinski definition) is 4. The number of nitrogens with one attached hydrogen (secondary N) is 2. The first-order valence-corrected chi connectivity index (χ1v) is 6.04. The van der Waals surface area contributed by atoms with Gasteiger partial charge in [-0.05, 0) is 32.2 Å². The topological polar surface area (TPSA) is 63.2 Å². The third-order valence-electron chi connectivity index (χ3n) is 2.36. The van der Waals surface area contributed by atoms with E-state index in [4.69, 9.17) is 4.74 Å². The van der Waals surface area contributed by atoms with Crippen LogP contribution in [0.3, 0.4) is 0 Å². The molecule has 0 aliphatic heterocycles. The van der Waals surface area contributed by atoms with E-state index in [1.165, 1.54) is 0 Å². The van der Waals surface area contributed by atoms with Gasteiger partial charge in [-0.3, -0.25) is 5.43 Å². The predicted octanol–water partition coefficient (Wildman–Crippen LogP) is 3.09.